The third-order valence-electron chi connectivity index (χ3n) is 1.87. The van der Waals surface area contributed by atoms with Crippen LogP contribution in [0.5, 0.6) is 0 Å². The van der Waals surface area contributed by atoms with E-state index in [9.17, 15) is 0 Å². The molecule has 0 atom stereocenters. The monoisotopic (exact) mass is 208 g/mol. The maximum Gasteiger partial charge on any atom is 0.159 e. The minimum Gasteiger partial charge on any atom is -0.337 e. The molecule has 0 unspecified atom stereocenters. The van der Waals surface area contributed by atoms with Gasteiger partial charge in [-0.05, 0) is 24.4 Å². The third-order valence-corrected chi connectivity index (χ3v) is 3.06. The van der Waals surface area contributed by atoms with Gasteiger partial charge in [0.15, 0.2) is 3.95 Å². The fourth-order valence-corrected chi connectivity index (χ4v) is 2.42. The number of thiazole rings is 1. The predicted octanol–water partition coefficient (Wildman–Crippen LogP) is 2.23. The molecular weight excluding hydrogens is 204 g/mol. The number of aromatic amines is 2. The van der Waals surface area contributed by atoms with Gasteiger partial charge in [0.1, 0.15) is 5.52 Å². The molecule has 0 bridgehead atoms. The Hall–Kier alpha value is -1.27. The van der Waals surface area contributed by atoms with Crippen molar-refractivity contribution < 1.29 is 0 Å². The molecule has 0 saturated heterocycles. The van der Waals surface area contributed by atoms with E-state index in [1.807, 2.05) is 12.1 Å². The number of fused-ring (bicyclic) bond motifs is 2. The number of rotatable bonds is 0. The molecule has 0 radical (unpaired) electrons. The Labute approximate surface area is 81.6 Å². The maximum absolute atomic E-state index is 5.04. The molecule has 13 heavy (non-hydrogen) atoms. The SMILES string of the molecule is S=c1[nH]c2cc3[nH]nnc3cc2s1. The van der Waals surface area contributed by atoms with Gasteiger partial charge < -0.3 is 4.98 Å². The van der Waals surface area contributed by atoms with Crippen molar-refractivity contribution in [3.05, 3.63) is 16.1 Å². The largest absolute Gasteiger partial charge is 0.337 e. The van der Waals surface area contributed by atoms with Crippen molar-refractivity contribution in [2.24, 2.45) is 0 Å². The molecule has 64 valence electrons. The summed E-state index contributed by atoms with van der Waals surface area (Å²) in [6, 6.07) is 3.95. The Balaban J connectivity index is 2.62. The second kappa shape index (κ2) is 2.36. The Morgan fingerprint density at radius 1 is 1.31 bits per heavy atom. The number of hydrogen-bond donors (Lipinski definition) is 2. The van der Waals surface area contributed by atoms with E-state index < -0.39 is 0 Å². The molecule has 2 aromatic heterocycles. The first kappa shape index (κ1) is 7.16. The molecule has 0 aliphatic heterocycles. The second-order valence-electron chi connectivity index (χ2n) is 2.69. The van der Waals surface area contributed by atoms with E-state index in [2.05, 4.69) is 20.4 Å². The van der Waals surface area contributed by atoms with Gasteiger partial charge in [-0.2, -0.15) is 0 Å². The van der Waals surface area contributed by atoms with Crippen LogP contribution in [0.2, 0.25) is 0 Å². The van der Waals surface area contributed by atoms with Gasteiger partial charge in [0.25, 0.3) is 0 Å². The van der Waals surface area contributed by atoms with Crippen molar-refractivity contribution >= 4 is 44.8 Å². The molecule has 0 aliphatic carbocycles. The summed E-state index contributed by atoms with van der Waals surface area (Å²) in [5, 5.41) is 10.5. The van der Waals surface area contributed by atoms with Crippen LogP contribution in [0.3, 0.4) is 0 Å². The minimum absolute atomic E-state index is 0.788. The van der Waals surface area contributed by atoms with Gasteiger partial charge in [0, 0.05) is 0 Å². The summed E-state index contributed by atoms with van der Waals surface area (Å²) in [6.07, 6.45) is 0. The van der Waals surface area contributed by atoms with E-state index in [0.29, 0.717) is 0 Å². The molecule has 0 amide bonds. The number of nitrogens with zero attached hydrogens (tertiary/aromatic N) is 2. The lowest BCUT2D eigenvalue weighted by atomic mass is 10.3. The van der Waals surface area contributed by atoms with Crippen LogP contribution < -0.4 is 0 Å². The average molecular weight is 208 g/mol. The van der Waals surface area contributed by atoms with Gasteiger partial charge in [-0.3, -0.25) is 5.10 Å². The molecule has 1 aromatic carbocycles. The van der Waals surface area contributed by atoms with E-state index in [1.54, 1.807) is 11.3 Å². The van der Waals surface area contributed by atoms with Gasteiger partial charge in [-0.1, -0.05) is 5.21 Å². The quantitative estimate of drug-likeness (QED) is 0.557. The zero-order valence-electron chi connectivity index (χ0n) is 6.37. The molecule has 0 spiro atoms. The number of nitrogens with one attached hydrogen (secondary N) is 2. The summed E-state index contributed by atoms with van der Waals surface area (Å²) in [7, 11) is 0. The van der Waals surface area contributed by atoms with Gasteiger partial charge in [-0.15, -0.1) is 16.4 Å². The van der Waals surface area contributed by atoms with E-state index >= 15 is 0 Å². The highest BCUT2D eigenvalue weighted by Crippen LogP contribution is 2.23. The highest BCUT2D eigenvalue weighted by atomic mass is 32.1. The van der Waals surface area contributed by atoms with E-state index in [1.165, 1.54) is 0 Å². The van der Waals surface area contributed by atoms with Gasteiger partial charge >= 0.3 is 0 Å². The van der Waals surface area contributed by atoms with Crippen LogP contribution >= 0.6 is 23.6 Å². The molecule has 0 saturated carbocycles. The highest BCUT2D eigenvalue weighted by Gasteiger charge is 2.02. The average Bonchev–Trinajstić information content (AvgIpc) is 2.63. The lowest BCUT2D eigenvalue weighted by Crippen LogP contribution is -1.70. The summed E-state index contributed by atoms with van der Waals surface area (Å²) < 4.78 is 1.90. The highest BCUT2D eigenvalue weighted by molar-refractivity contribution is 7.73. The number of benzene rings is 1. The maximum atomic E-state index is 5.04. The molecule has 0 fully saturated rings. The Morgan fingerprint density at radius 2 is 2.23 bits per heavy atom. The summed E-state index contributed by atoms with van der Waals surface area (Å²) in [6.45, 7) is 0. The Bertz CT molecular complexity index is 581. The molecule has 2 heterocycles. The minimum atomic E-state index is 0.788. The van der Waals surface area contributed by atoms with Crippen molar-refractivity contribution in [2.45, 2.75) is 0 Å². The lowest BCUT2D eigenvalue weighted by Gasteiger charge is -1.86. The Kier molecular flexibility index (Phi) is 1.30. The second-order valence-corrected chi connectivity index (χ2v) is 4.41. The van der Waals surface area contributed by atoms with Crippen LogP contribution in [0.15, 0.2) is 12.1 Å². The molecule has 2 N–H and O–H groups in total. The third kappa shape index (κ3) is 0.991. The summed E-state index contributed by atoms with van der Waals surface area (Å²) in [5.41, 5.74) is 2.84. The summed E-state index contributed by atoms with van der Waals surface area (Å²) in [4.78, 5) is 3.10. The van der Waals surface area contributed by atoms with Crippen molar-refractivity contribution in [2.75, 3.05) is 0 Å². The van der Waals surface area contributed by atoms with E-state index in [4.69, 9.17) is 12.2 Å². The molecule has 0 aliphatic rings. The standard InChI is InChI=1S/C7H4N4S2/c12-7-8-5-1-3-4(10-11-9-3)2-6(5)13-7/h1-2H,(H,8,12)(H,9,10,11). The normalized spacial score (nSPS) is 11.4. The first-order valence-corrected chi connectivity index (χ1v) is 4.89. The van der Waals surface area contributed by atoms with Crippen molar-refractivity contribution in [3.8, 4) is 0 Å². The topological polar surface area (TPSA) is 57.4 Å². The zero-order chi connectivity index (χ0) is 8.84. The smallest absolute Gasteiger partial charge is 0.159 e. The van der Waals surface area contributed by atoms with Crippen LogP contribution in [0.1, 0.15) is 0 Å². The fraction of sp³-hybridized carbons (Fsp3) is 0. The zero-order valence-corrected chi connectivity index (χ0v) is 8.00. The van der Waals surface area contributed by atoms with Gasteiger partial charge in [0.05, 0.1) is 15.7 Å². The lowest BCUT2D eigenvalue weighted by molar-refractivity contribution is 0.959. The predicted molar refractivity (Wildman–Crippen MR) is 54.5 cm³/mol. The van der Waals surface area contributed by atoms with Crippen LogP contribution in [0.4, 0.5) is 0 Å². The van der Waals surface area contributed by atoms with Crippen LogP contribution in [0, 0.1) is 3.95 Å². The fourth-order valence-electron chi connectivity index (χ4n) is 1.29. The van der Waals surface area contributed by atoms with Crippen LogP contribution in [0.25, 0.3) is 21.3 Å². The van der Waals surface area contributed by atoms with E-state index in [-0.39, 0.29) is 0 Å². The molecule has 4 nitrogen and oxygen atoms in total. The molecule has 3 rings (SSSR count). The molecular formula is C7H4N4S2. The molecule has 3 aromatic rings. The Morgan fingerprint density at radius 3 is 3.15 bits per heavy atom. The van der Waals surface area contributed by atoms with E-state index in [0.717, 1.165) is 25.2 Å². The van der Waals surface area contributed by atoms with Crippen molar-refractivity contribution in [1.29, 1.82) is 0 Å². The van der Waals surface area contributed by atoms with Crippen molar-refractivity contribution in [3.63, 3.8) is 0 Å². The summed E-state index contributed by atoms with van der Waals surface area (Å²) in [5.74, 6) is 0. The van der Waals surface area contributed by atoms with Gasteiger partial charge in [0.2, 0.25) is 0 Å². The number of aromatic nitrogens is 4. The first-order chi connectivity index (χ1) is 6.33. The number of H-pyrrole nitrogens is 2. The first-order valence-electron chi connectivity index (χ1n) is 3.66. The summed E-state index contributed by atoms with van der Waals surface area (Å²) >= 11 is 6.59. The molecule has 6 heteroatoms. The van der Waals surface area contributed by atoms with Crippen LogP contribution in [-0.4, -0.2) is 20.4 Å². The van der Waals surface area contributed by atoms with Crippen molar-refractivity contribution in [1.82, 2.24) is 20.4 Å². The van der Waals surface area contributed by atoms with Crippen LogP contribution in [-0.2, 0) is 0 Å². The van der Waals surface area contributed by atoms with Gasteiger partial charge in [-0.25, -0.2) is 0 Å². The number of hydrogen-bond acceptors (Lipinski definition) is 4.